The molecule has 2 amide bonds. The van der Waals surface area contributed by atoms with Crippen LogP contribution in [0.1, 0.15) is 33.1 Å². The fourth-order valence-electron chi connectivity index (χ4n) is 3.20. The molecule has 5 nitrogen and oxygen atoms in total. The van der Waals surface area contributed by atoms with Gasteiger partial charge in [-0.1, -0.05) is 24.3 Å². The van der Waals surface area contributed by atoms with Gasteiger partial charge in [-0.05, 0) is 35.4 Å². The van der Waals surface area contributed by atoms with Crippen molar-refractivity contribution in [2.75, 3.05) is 20.2 Å². The Labute approximate surface area is 160 Å². The summed E-state index contributed by atoms with van der Waals surface area (Å²) in [4.78, 5) is 26.9. The largest absolute Gasteiger partial charge is 0.416 e. The molecule has 1 heterocycles. The highest BCUT2D eigenvalue weighted by molar-refractivity contribution is 5.98. The molecule has 2 aromatic carbocycles. The molecule has 1 aliphatic rings. The normalized spacial score (nSPS) is 17.4. The Bertz CT molecular complexity index is 866. The predicted molar refractivity (Wildman–Crippen MR) is 95.4 cm³/mol. The summed E-state index contributed by atoms with van der Waals surface area (Å²) in [5, 5.41) is 2.67. The molecule has 0 saturated carbocycles. The van der Waals surface area contributed by atoms with E-state index in [4.69, 9.17) is 4.74 Å². The van der Waals surface area contributed by atoms with Crippen molar-refractivity contribution in [1.29, 1.82) is 0 Å². The van der Waals surface area contributed by atoms with Crippen LogP contribution in [-0.2, 0) is 22.3 Å². The van der Waals surface area contributed by atoms with Gasteiger partial charge in [-0.3, -0.25) is 9.59 Å². The minimum atomic E-state index is -4.47. The van der Waals surface area contributed by atoms with Crippen molar-refractivity contribution in [2.45, 2.75) is 18.8 Å². The van der Waals surface area contributed by atoms with Crippen molar-refractivity contribution >= 4 is 11.8 Å². The zero-order chi connectivity index (χ0) is 20.3. The minimum absolute atomic E-state index is 0.255. The number of benzene rings is 2. The van der Waals surface area contributed by atoms with E-state index in [0.29, 0.717) is 17.7 Å². The molecule has 8 heteroatoms. The summed E-state index contributed by atoms with van der Waals surface area (Å²) >= 11 is 0. The highest BCUT2D eigenvalue weighted by Gasteiger charge is 2.36. The van der Waals surface area contributed by atoms with Crippen molar-refractivity contribution in [3.63, 3.8) is 0 Å². The SMILES string of the molecule is COCc1cccc(C(=O)N2CCNC(=O)C2c2ccc(C(F)(F)F)cc2)c1. The molecule has 0 bridgehead atoms. The van der Waals surface area contributed by atoms with E-state index in [0.717, 1.165) is 17.7 Å². The molecule has 0 aromatic heterocycles. The van der Waals surface area contributed by atoms with E-state index in [1.165, 1.54) is 17.0 Å². The zero-order valence-corrected chi connectivity index (χ0v) is 15.1. The molecular weight excluding hydrogens is 373 g/mol. The first-order valence-corrected chi connectivity index (χ1v) is 8.65. The summed E-state index contributed by atoms with van der Waals surface area (Å²) < 4.78 is 43.5. The summed E-state index contributed by atoms with van der Waals surface area (Å²) in [6, 6.07) is 10.2. The van der Waals surface area contributed by atoms with Crippen LogP contribution in [0.15, 0.2) is 48.5 Å². The zero-order valence-electron chi connectivity index (χ0n) is 15.1. The summed E-state index contributed by atoms with van der Waals surface area (Å²) in [6.07, 6.45) is -4.47. The van der Waals surface area contributed by atoms with Gasteiger partial charge in [-0.25, -0.2) is 0 Å². The van der Waals surface area contributed by atoms with E-state index in [9.17, 15) is 22.8 Å². The molecule has 1 aliphatic heterocycles. The number of carbonyl (C=O) groups excluding carboxylic acids is 2. The lowest BCUT2D eigenvalue weighted by atomic mass is 9.99. The monoisotopic (exact) mass is 392 g/mol. The number of methoxy groups -OCH3 is 1. The standard InChI is InChI=1S/C20H19F3N2O3/c1-28-12-13-3-2-4-15(11-13)19(27)25-10-9-24-18(26)17(25)14-5-7-16(8-6-14)20(21,22)23/h2-8,11,17H,9-10,12H2,1H3,(H,24,26). The smallest absolute Gasteiger partial charge is 0.380 e. The van der Waals surface area contributed by atoms with Gasteiger partial charge in [0, 0.05) is 25.8 Å². The van der Waals surface area contributed by atoms with Crippen LogP contribution in [-0.4, -0.2) is 36.9 Å². The number of piperazine rings is 1. The van der Waals surface area contributed by atoms with Gasteiger partial charge in [-0.2, -0.15) is 13.2 Å². The number of hydrogen-bond donors (Lipinski definition) is 1. The van der Waals surface area contributed by atoms with Crippen molar-refractivity contribution < 1.29 is 27.5 Å². The van der Waals surface area contributed by atoms with E-state index in [1.807, 2.05) is 6.07 Å². The number of nitrogens with one attached hydrogen (secondary N) is 1. The number of ether oxygens (including phenoxy) is 1. The predicted octanol–water partition coefficient (Wildman–Crippen LogP) is 3.17. The maximum atomic E-state index is 13.0. The van der Waals surface area contributed by atoms with Crippen molar-refractivity contribution in [1.82, 2.24) is 10.2 Å². The molecule has 28 heavy (non-hydrogen) atoms. The van der Waals surface area contributed by atoms with Crippen molar-refractivity contribution in [3.8, 4) is 0 Å². The number of carbonyl (C=O) groups is 2. The van der Waals surface area contributed by atoms with Crippen LogP contribution < -0.4 is 5.32 Å². The van der Waals surface area contributed by atoms with E-state index in [1.54, 1.807) is 25.3 Å². The second kappa shape index (κ2) is 8.02. The van der Waals surface area contributed by atoms with Crippen molar-refractivity contribution in [3.05, 3.63) is 70.8 Å². The van der Waals surface area contributed by atoms with Crippen LogP contribution in [0.25, 0.3) is 0 Å². The van der Waals surface area contributed by atoms with E-state index >= 15 is 0 Å². The van der Waals surface area contributed by atoms with E-state index < -0.39 is 23.7 Å². The number of halogens is 3. The Balaban J connectivity index is 1.91. The number of hydrogen-bond acceptors (Lipinski definition) is 3. The first-order chi connectivity index (χ1) is 13.3. The number of alkyl halides is 3. The molecule has 1 fully saturated rings. The maximum absolute atomic E-state index is 13.0. The van der Waals surface area contributed by atoms with Gasteiger partial charge in [0.25, 0.3) is 5.91 Å². The maximum Gasteiger partial charge on any atom is 0.416 e. The van der Waals surface area contributed by atoms with Gasteiger partial charge in [0.2, 0.25) is 5.91 Å². The fraction of sp³-hybridized carbons (Fsp3) is 0.300. The molecule has 3 rings (SSSR count). The van der Waals surface area contributed by atoms with Crippen LogP contribution in [0.5, 0.6) is 0 Å². The summed E-state index contributed by atoms with van der Waals surface area (Å²) in [5.41, 5.74) is 0.714. The second-order valence-corrected chi connectivity index (χ2v) is 6.45. The van der Waals surface area contributed by atoms with Gasteiger partial charge < -0.3 is 15.0 Å². The lowest BCUT2D eigenvalue weighted by Crippen LogP contribution is -2.52. The third-order valence-corrected chi connectivity index (χ3v) is 4.51. The van der Waals surface area contributed by atoms with Crippen LogP contribution in [0, 0.1) is 0 Å². The van der Waals surface area contributed by atoms with Gasteiger partial charge in [-0.15, -0.1) is 0 Å². The second-order valence-electron chi connectivity index (χ2n) is 6.45. The Morgan fingerprint density at radius 3 is 2.57 bits per heavy atom. The fourth-order valence-corrected chi connectivity index (χ4v) is 3.20. The number of rotatable bonds is 4. The molecule has 1 saturated heterocycles. The first-order valence-electron chi connectivity index (χ1n) is 8.65. The highest BCUT2D eigenvalue weighted by atomic mass is 19.4. The molecule has 1 unspecified atom stereocenters. The molecule has 1 N–H and O–H groups in total. The lowest BCUT2D eigenvalue weighted by Gasteiger charge is -2.35. The lowest BCUT2D eigenvalue weighted by molar-refractivity contribution is -0.137. The third-order valence-electron chi connectivity index (χ3n) is 4.51. The Morgan fingerprint density at radius 1 is 1.21 bits per heavy atom. The van der Waals surface area contributed by atoms with Crippen molar-refractivity contribution in [2.24, 2.45) is 0 Å². The van der Waals surface area contributed by atoms with Crippen LogP contribution in [0.4, 0.5) is 13.2 Å². The topological polar surface area (TPSA) is 58.6 Å². The molecule has 0 radical (unpaired) electrons. The Kier molecular flexibility index (Phi) is 5.69. The number of amides is 2. The van der Waals surface area contributed by atoms with Gasteiger partial charge in [0.1, 0.15) is 6.04 Å². The average Bonchev–Trinajstić information content (AvgIpc) is 2.67. The highest BCUT2D eigenvalue weighted by Crippen LogP contribution is 2.32. The minimum Gasteiger partial charge on any atom is -0.380 e. The average molecular weight is 392 g/mol. The Hall–Kier alpha value is -2.87. The van der Waals surface area contributed by atoms with Crippen LogP contribution in [0.3, 0.4) is 0 Å². The van der Waals surface area contributed by atoms with Gasteiger partial charge >= 0.3 is 6.18 Å². The third kappa shape index (κ3) is 4.17. The van der Waals surface area contributed by atoms with Gasteiger partial charge in [0.15, 0.2) is 0 Å². The van der Waals surface area contributed by atoms with E-state index in [2.05, 4.69) is 5.32 Å². The Morgan fingerprint density at radius 2 is 1.93 bits per heavy atom. The van der Waals surface area contributed by atoms with Crippen LogP contribution >= 0.6 is 0 Å². The van der Waals surface area contributed by atoms with Gasteiger partial charge in [0.05, 0.1) is 12.2 Å². The summed E-state index contributed by atoms with van der Waals surface area (Å²) in [7, 11) is 1.55. The van der Waals surface area contributed by atoms with E-state index in [-0.39, 0.29) is 19.0 Å². The first kappa shape index (κ1) is 19.9. The molecule has 0 aliphatic carbocycles. The molecule has 0 spiro atoms. The summed E-state index contributed by atoms with van der Waals surface area (Å²) in [6.45, 7) is 0.869. The summed E-state index contributed by atoms with van der Waals surface area (Å²) in [5.74, 6) is -0.787. The number of nitrogens with zero attached hydrogens (tertiary/aromatic N) is 1. The molecular formula is C20H19F3N2O3. The molecule has 1 atom stereocenters. The molecule has 2 aromatic rings. The van der Waals surface area contributed by atoms with Crippen LogP contribution in [0.2, 0.25) is 0 Å². The molecule has 148 valence electrons. The quantitative estimate of drug-likeness (QED) is 0.870.